The largest absolute Gasteiger partial charge is 0.325 e. The SMILES string of the molecule is Cn1nnnc1SCC(=O)Nc1ccc(C(=O)Nc2ccccc2SC2CCCC2)cc1. The van der Waals surface area contributed by atoms with Crippen LogP contribution >= 0.6 is 23.5 Å². The molecule has 1 aliphatic rings. The predicted octanol–water partition coefficient (Wildman–Crippen LogP) is 4.23. The number of carbonyl (C=O) groups excluding carboxylic acids is 2. The van der Waals surface area contributed by atoms with Crippen molar-refractivity contribution in [3.63, 3.8) is 0 Å². The Morgan fingerprint density at radius 3 is 2.53 bits per heavy atom. The van der Waals surface area contributed by atoms with E-state index in [0.717, 1.165) is 10.6 Å². The third kappa shape index (κ3) is 5.89. The van der Waals surface area contributed by atoms with Crippen LogP contribution in [0.5, 0.6) is 0 Å². The number of hydrogen-bond donors (Lipinski definition) is 2. The summed E-state index contributed by atoms with van der Waals surface area (Å²) < 4.78 is 1.51. The summed E-state index contributed by atoms with van der Waals surface area (Å²) in [5.74, 6) is -0.160. The summed E-state index contributed by atoms with van der Waals surface area (Å²) >= 11 is 3.10. The number of carbonyl (C=O) groups is 2. The van der Waals surface area contributed by atoms with Gasteiger partial charge in [0.25, 0.3) is 5.91 Å². The van der Waals surface area contributed by atoms with Gasteiger partial charge in [-0.25, -0.2) is 4.68 Å². The molecule has 0 unspecified atom stereocenters. The minimum atomic E-state index is -0.173. The number of nitrogens with one attached hydrogen (secondary N) is 2. The van der Waals surface area contributed by atoms with Gasteiger partial charge >= 0.3 is 0 Å². The average molecular weight is 469 g/mol. The number of para-hydroxylation sites is 1. The van der Waals surface area contributed by atoms with E-state index in [2.05, 4.69) is 32.2 Å². The molecule has 0 spiro atoms. The molecule has 2 amide bonds. The van der Waals surface area contributed by atoms with Crippen molar-refractivity contribution in [2.75, 3.05) is 16.4 Å². The van der Waals surface area contributed by atoms with Gasteiger partial charge in [0, 0.05) is 28.4 Å². The summed E-state index contributed by atoms with van der Waals surface area (Å²) in [6.45, 7) is 0. The Morgan fingerprint density at radius 2 is 1.81 bits per heavy atom. The topological polar surface area (TPSA) is 102 Å². The second-order valence-corrected chi connectivity index (χ2v) is 9.76. The van der Waals surface area contributed by atoms with Crippen LogP contribution in [0.25, 0.3) is 0 Å². The molecule has 0 aliphatic heterocycles. The predicted molar refractivity (Wildman–Crippen MR) is 127 cm³/mol. The second kappa shape index (κ2) is 10.6. The van der Waals surface area contributed by atoms with Gasteiger partial charge in [-0.1, -0.05) is 36.7 Å². The van der Waals surface area contributed by atoms with E-state index in [9.17, 15) is 9.59 Å². The number of aromatic nitrogens is 4. The molecule has 0 radical (unpaired) electrons. The van der Waals surface area contributed by atoms with E-state index in [4.69, 9.17) is 0 Å². The van der Waals surface area contributed by atoms with E-state index in [1.807, 2.05) is 30.0 Å². The fraction of sp³-hybridized carbons (Fsp3) is 0.318. The Bertz CT molecular complexity index is 1080. The monoisotopic (exact) mass is 468 g/mol. The average Bonchev–Trinajstić information content (AvgIpc) is 3.45. The zero-order valence-electron chi connectivity index (χ0n) is 17.7. The molecule has 3 aromatic rings. The molecule has 166 valence electrons. The normalized spacial score (nSPS) is 13.8. The Balaban J connectivity index is 1.32. The number of anilines is 2. The van der Waals surface area contributed by atoms with E-state index >= 15 is 0 Å². The fourth-order valence-corrected chi connectivity index (χ4v) is 5.41. The Morgan fingerprint density at radius 1 is 1.06 bits per heavy atom. The smallest absolute Gasteiger partial charge is 0.255 e. The van der Waals surface area contributed by atoms with Crippen LogP contribution in [0.3, 0.4) is 0 Å². The molecule has 2 aromatic carbocycles. The standard InChI is InChI=1S/C22H24N6O2S2/c1-28-22(25-26-27-28)31-14-20(29)23-16-12-10-15(11-13-16)21(30)24-18-8-4-5-9-19(18)32-17-6-2-3-7-17/h4-5,8-13,17H,2-3,6-7,14H2,1H3,(H,23,29)(H,24,30). The Labute approximate surface area is 194 Å². The first kappa shape index (κ1) is 22.3. The molecule has 1 aromatic heterocycles. The highest BCUT2D eigenvalue weighted by Gasteiger charge is 2.18. The molecule has 0 bridgehead atoms. The minimum absolute atomic E-state index is 0.173. The molecule has 1 fully saturated rings. The van der Waals surface area contributed by atoms with Crippen LogP contribution in [0, 0.1) is 0 Å². The lowest BCUT2D eigenvalue weighted by Crippen LogP contribution is -2.15. The minimum Gasteiger partial charge on any atom is -0.325 e. The highest BCUT2D eigenvalue weighted by Crippen LogP contribution is 2.38. The molecule has 1 saturated carbocycles. The van der Waals surface area contributed by atoms with Crippen LogP contribution in [0.15, 0.2) is 58.6 Å². The van der Waals surface area contributed by atoms with Crippen molar-refractivity contribution < 1.29 is 9.59 Å². The first-order valence-electron chi connectivity index (χ1n) is 10.4. The lowest BCUT2D eigenvalue weighted by atomic mass is 10.2. The Hall–Kier alpha value is -2.85. The van der Waals surface area contributed by atoms with Crippen molar-refractivity contribution in [2.45, 2.75) is 41.0 Å². The molecule has 32 heavy (non-hydrogen) atoms. The van der Waals surface area contributed by atoms with E-state index in [1.165, 1.54) is 42.1 Å². The van der Waals surface area contributed by atoms with E-state index < -0.39 is 0 Å². The molecular weight excluding hydrogens is 444 g/mol. The van der Waals surface area contributed by atoms with Crippen LogP contribution in [0.1, 0.15) is 36.0 Å². The maximum atomic E-state index is 12.8. The molecule has 0 saturated heterocycles. The van der Waals surface area contributed by atoms with Gasteiger partial charge in [0.15, 0.2) is 0 Å². The number of aryl methyl sites for hydroxylation is 1. The molecule has 4 rings (SSSR count). The first-order valence-corrected chi connectivity index (χ1v) is 12.3. The van der Waals surface area contributed by atoms with Gasteiger partial charge in [-0.05, 0) is 59.7 Å². The van der Waals surface area contributed by atoms with Crippen molar-refractivity contribution >= 4 is 46.7 Å². The van der Waals surface area contributed by atoms with Crippen LogP contribution in [-0.2, 0) is 11.8 Å². The summed E-state index contributed by atoms with van der Waals surface area (Å²) in [5.41, 5.74) is 1.99. The quantitative estimate of drug-likeness (QED) is 0.477. The molecule has 2 N–H and O–H groups in total. The zero-order valence-corrected chi connectivity index (χ0v) is 19.3. The van der Waals surface area contributed by atoms with E-state index in [0.29, 0.717) is 21.7 Å². The summed E-state index contributed by atoms with van der Waals surface area (Å²) in [6, 6.07) is 14.8. The molecular formula is C22H24N6O2S2. The second-order valence-electron chi connectivity index (χ2n) is 7.47. The van der Waals surface area contributed by atoms with Gasteiger partial charge in [0.05, 0.1) is 11.4 Å². The number of thioether (sulfide) groups is 2. The van der Waals surface area contributed by atoms with Gasteiger partial charge in [0.2, 0.25) is 11.1 Å². The van der Waals surface area contributed by atoms with Gasteiger partial charge in [0.1, 0.15) is 0 Å². The van der Waals surface area contributed by atoms with Crippen molar-refractivity contribution in [3.8, 4) is 0 Å². The molecule has 0 atom stereocenters. The number of benzene rings is 2. The molecule has 1 heterocycles. The van der Waals surface area contributed by atoms with E-state index in [1.54, 1.807) is 31.3 Å². The van der Waals surface area contributed by atoms with Crippen molar-refractivity contribution in [3.05, 3.63) is 54.1 Å². The number of nitrogens with zero attached hydrogens (tertiary/aromatic N) is 4. The number of amides is 2. The van der Waals surface area contributed by atoms with E-state index in [-0.39, 0.29) is 17.6 Å². The van der Waals surface area contributed by atoms with Crippen LogP contribution < -0.4 is 10.6 Å². The molecule has 1 aliphatic carbocycles. The van der Waals surface area contributed by atoms with Crippen molar-refractivity contribution in [1.82, 2.24) is 20.2 Å². The van der Waals surface area contributed by atoms with Gasteiger partial charge in [-0.2, -0.15) is 0 Å². The van der Waals surface area contributed by atoms with Crippen molar-refractivity contribution in [2.24, 2.45) is 7.05 Å². The van der Waals surface area contributed by atoms with Crippen LogP contribution in [0.4, 0.5) is 11.4 Å². The van der Waals surface area contributed by atoms with Crippen LogP contribution in [-0.4, -0.2) is 43.0 Å². The van der Waals surface area contributed by atoms with Gasteiger partial charge < -0.3 is 10.6 Å². The van der Waals surface area contributed by atoms with Crippen molar-refractivity contribution in [1.29, 1.82) is 0 Å². The van der Waals surface area contributed by atoms with Crippen LogP contribution in [0.2, 0.25) is 0 Å². The summed E-state index contributed by atoms with van der Waals surface area (Å²) in [4.78, 5) is 26.0. The third-order valence-electron chi connectivity index (χ3n) is 5.08. The van der Waals surface area contributed by atoms with Gasteiger partial charge in [-0.3, -0.25) is 9.59 Å². The highest BCUT2D eigenvalue weighted by molar-refractivity contribution is 8.00. The summed E-state index contributed by atoms with van der Waals surface area (Å²) in [7, 11) is 1.72. The number of rotatable bonds is 8. The maximum absolute atomic E-state index is 12.8. The maximum Gasteiger partial charge on any atom is 0.255 e. The first-order chi connectivity index (χ1) is 15.6. The lowest BCUT2D eigenvalue weighted by Gasteiger charge is -2.14. The fourth-order valence-electron chi connectivity index (χ4n) is 3.43. The Kier molecular flexibility index (Phi) is 7.43. The number of hydrogen-bond acceptors (Lipinski definition) is 7. The lowest BCUT2D eigenvalue weighted by molar-refractivity contribution is -0.113. The third-order valence-corrected chi connectivity index (χ3v) is 7.50. The summed E-state index contributed by atoms with van der Waals surface area (Å²) in [5, 5.41) is 18.1. The highest BCUT2D eigenvalue weighted by atomic mass is 32.2. The summed E-state index contributed by atoms with van der Waals surface area (Å²) in [6.07, 6.45) is 5.03. The number of tetrazole rings is 1. The molecule has 10 heteroatoms. The zero-order chi connectivity index (χ0) is 22.3. The molecule has 8 nitrogen and oxygen atoms in total. The van der Waals surface area contributed by atoms with Gasteiger partial charge in [-0.15, -0.1) is 16.9 Å².